The highest BCUT2D eigenvalue weighted by Gasteiger charge is 2.45. The van der Waals surface area contributed by atoms with Crippen LogP contribution in [0.1, 0.15) is 31.0 Å². The lowest BCUT2D eigenvalue weighted by molar-refractivity contribution is -0.141. The molecular formula is C21H26ClN3O4S2. The van der Waals surface area contributed by atoms with Gasteiger partial charge in [-0.3, -0.25) is 0 Å². The molecule has 2 aromatic rings. The van der Waals surface area contributed by atoms with Gasteiger partial charge in [-0.15, -0.1) is 0 Å². The Bertz CT molecular complexity index is 1070. The zero-order chi connectivity index (χ0) is 22.2. The number of rotatable bonds is 5. The molecule has 2 aliphatic heterocycles. The van der Waals surface area contributed by atoms with E-state index in [0.717, 1.165) is 35.9 Å². The van der Waals surface area contributed by atoms with Crippen LogP contribution in [0.25, 0.3) is 0 Å². The van der Waals surface area contributed by atoms with E-state index in [0.29, 0.717) is 0 Å². The van der Waals surface area contributed by atoms with Crippen LogP contribution in [0, 0.1) is 6.92 Å². The topological polar surface area (TPSA) is 81.5 Å². The van der Waals surface area contributed by atoms with Crippen molar-refractivity contribution < 1.29 is 17.9 Å². The number of aromatic nitrogens is 2. The molecule has 1 aromatic carbocycles. The van der Waals surface area contributed by atoms with Crippen LogP contribution in [0.5, 0.6) is 0 Å². The van der Waals surface area contributed by atoms with Gasteiger partial charge in [0.15, 0.2) is 9.84 Å². The average Bonchev–Trinajstić information content (AvgIpc) is 3.38. The summed E-state index contributed by atoms with van der Waals surface area (Å²) in [4.78, 5) is 14.6. The Morgan fingerprint density at radius 3 is 2.65 bits per heavy atom. The van der Waals surface area contributed by atoms with Gasteiger partial charge in [-0.1, -0.05) is 23.7 Å². The number of anilines is 1. The first-order valence-electron chi connectivity index (χ1n) is 10.3. The number of sulfone groups is 1. The number of carbonyl (C=O) groups excluding carboxylic acids is 1. The fourth-order valence-electron chi connectivity index (χ4n) is 4.41. The number of aryl methyl sites for hydroxylation is 1. The first-order chi connectivity index (χ1) is 14.8. The second-order valence-corrected chi connectivity index (χ2v) is 11.8. The van der Waals surface area contributed by atoms with E-state index in [4.69, 9.17) is 21.4 Å². The number of methoxy groups -OCH3 is 1. The Hall–Kier alpha value is -1.71. The maximum absolute atomic E-state index is 13.4. The predicted octanol–water partition coefficient (Wildman–Crippen LogP) is 3.51. The van der Waals surface area contributed by atoms with Crippen LogP contribution in [0.15, 0.2) is 35.2 Å². The monoisotopic (exact) mass is 483 g/mol. The second-order valence-electron chi connectivity index (χ2n) is 7.96. The van der Waals surface area contributed by atoms with Crippen molar-refractivity contribution in [3.8, 4) is 0 Å². The molecule has 0 aliphatic carbocycles. The lowest BCUT2D eigenvalue weighted by Crippen LogP contribution is -2.39. The van der Waals surface area contributed by atoms with Crippen molar-refractivity contribution in [1.29, 1.82) is 0 Å². The molecule has 4 rings (SSSR count). The maximum Gasteiger partial charge on any atom is 0.328 e. The third-order valence-electron chi connectivity index (χ3n) is 5.99. The van der Waals surface area contributed by atoms with Crippen molar-refractivity contribution in [2.45, 2.75) is 48.4 Å². The Balaban J connectivity index is 1.71. The van der Waals surface area contributed by atoms with Crippen LogP contribution in [-0.2, 0) is 19.4 Å². The third kappa shape index (κ3) is 4.32. The molecule has 31 heavy (non-hydrogen) atoms. The van der Waals surface area contributed by atoms with E-state index >= 15 is 0 Å². The number of halogens is 1. The van der Waals surface area contributed by atoms with E-state index in [9.17, 15) is 13.2 Å². The fraction of sp³-hybridized carbons (Fsp3) is 0.524. The second kappa shape index (κ2) is 9.03. The van der Waals surface area contributed by atoms with Crippen LogP contribution in [-0.4, -0.2) is 60.6 Å². The summed E-state index contributed by atoms with van der Waals surface area (Å²) in [6, 6.07) is 7.91. The van der Waals surface area contributed by atoms with Gasteiger partial charge in [0.05, 0.1) is 34.0 Å². The highest BCUT2D eigenvalue weighted by atomic mass is 35.5. The Kier molecular flexibility index (Phi) is 6.55. The molecule has 2 aliphatic rings. The van der Waals surface area contributed by atoms with Crippen molar-refractivity contribution in [3.05, 3.63) is 41.0 Å². The smallest absolute Gasteiger partial charge is 0.328 e. The largest absolute Gasteiger partial charge is 0.467 e. The summed E-state index contributed by atoms with van der Waals surface area (Å²) in [5, 5.41) is 4.12. The summed E-state index contributed by atoms with van der Waals surface area (Å²) in [7, 11) is -2.40. The highest BCUT2D eigenvalue weighted by Crippen LogP contribution is 2.37. The molecule has 3 heterocycles. The molecule has 0 spiro atoms. The van der Waals surface area contributed by atoms with Gasteiger partial charge in [0.2, 0.25) is 0 Å². The van der Waals surface area contributed by atoms with Gasteiger partial charge in [-0.2, -0.15) is 16.9 Å². The number of esters is 1. The van der Waals surface area contributed by atoms with Crippen molar-refractivity contribution >= 4 is 45.0 Å². The van der Waals surface area contributed by atoms with Crippen LogP contribution in [0.2, 0.25) is 5.02 Å². The molecule has 0 saturated carbocycles. The number of benzene rings is 1. The van der Waals surface area contributed by atoms with Crippen LogP contribution in [0.3, 0.4) is 0 Å². The predicted molar refractivity (Wildman–Crippen MR) is 123 cm³/mol. The molecule has 168 valence electrons. The Morgan fingerprint density at radius 2 is 1.97 bits per heavy atom. The average molecular weight is 484 g/mol. The third-order valence-corrected chi connectivity index (χ3v) is 9.67. The Morgan fingerprint density at radius 1 is 1.26 bits per heavy atom. The van der Waals surface area contributed by atoms with E-state index in [1.54, 1.807) is 18.2 Å². The molecule has 1 aromatic heterocycles. The first-order valence-corrected chi connectivity index (χ1v) is 13.4. The van der Waals surface area contributed by atoms with E-state index in [-0.39, 0.29) is 28.9 Å². The molecular weight excluding hydrogens is 458 g/mol. The lowest BCUT2D eigenvalue weighted by atomic mass is 10.1. The number of nitrogens with zero attached hydrogens (tertiary/aromatic N) is 3. The van der Waals surface area contributed by atoms with Gasteiger partial charge in [-0.25, -0.2) is 17.9 Å². The normalized spacial score (nSPS) is 22.6. The summed E-state index contributed by atoms with van der Waals surface area (Å²) in [6.45, 7) is 2.10. The molecule has 2 saturated heterocycles. The number of hydrogen-bond donors (Lipinski definition) is 0. The van der Waals surface area contributed by atoms with Gasteiger partial charge >= 0.3 is 5.97 Å². The van der Waals surface area contributed by atoms with Gasteiger partial charge in [0.25, 0.3) is 0 Å². The number of hydrogen-bond acceptors (Lipinski definition) is 7. The van der Waals surface area contributed by atoms with Crippen LogP contribution in [0.4, 0.5) is 5.82 Å². The van der Waals surface area contributed by atoms with Crippen LogP contribution < -0.4 is 4.90 Å². The van der Waals surface area contributed by atoms with Gasteiger partial charge in [0.1, 0.15) is 11.9 Å². The molecule has 2 fully saturated rings. The van der Waals surface area contributed by atoms with Crippen molar-refractivity contribution in [2.75, 3.05) is 30.1 Å². The fourth-order valence-corrected chi connectivity index (χ4v) is 7.71. The molecule has 7 nitrogen and oxygen atoms in total. The summed E-state index contributed by atoms with van der Waals surface area (Å²) in [5.41, 5.74) is 0.842. The molecule has 0 bridgehead atoms. The van der Waals surface area contributed by atoms with Crippen molar-refractivity contribution in [3.63, 3.8) is 0 Å². The van der Waals surface area contributed by atoms with Crippen molar-refractivity contribution in [1.82, 2.24) is 9.78 Å². The zero-order valence-corrected chi connectivity index (χ0v) is 19.9. The van der Waals surface area contributed by atoms with Gasteiger partial charge in [-0.05, 0) is 49.8 Å². The molecule has 0 N–H and O–H groups in total. The quantitative estimate of drug-likeness (QED) is 0.602. The SMILES string of the molecule is COC(=O)[C@@H]1C[C@@H](S(=O)(=O)c2ccccc2Cl)CN1c1cc(C)nn1C1CCSCC1. The highest BCUT2D eigenvalue weighted by molar-refractivity contribution is 7.99. The summed E-state index contributed by atoms with van der Waals surface area (Å²) in [5.74, 6) is 2.46. The Labute approximate surface area is 192 Å². The molecule has 0 radical (unpaired) electrons. The number of carbonyl (C=O) groups is 1. The van der Waals surface area contributed by atoms with E-state index in [2.05, 4.69) is 0 Å². The number of thioether (sulfide) groups is 1. The minimum absolute atomic E-state index is 0.0983. The van der Waals surface area contributed by atoms with E-state index in [1.165, 1.54) is 13.2 Å². The standard InChI is InChI=1S/C21H26ClN3O4S2/c1-14-11-20(25(23-14)15-7-9-30-10-8-15)24-13-16(12-18(24)21(26)29-2)31(27,28)19-6-4-3-5-17(19)22/h3-6,11,15-16,18H,7-10,12-13H2,1-2H3/t16-,18+/m1/s1. The van der Waals surface area contributed by atoms with Gasteiger partial charge < -0.3 is 9.64 Å². The molecule has 0 unspecified atom stereocenters. The van der Waals surface area contributed by atoms with Crippen molar-refractivity contribution in [2.24, 2.45) is 0 Å². The molecule has 10 heteroatoms. The lowest BCUT2D eigenvalue weighted by Gasteiger charge is -2.29. The summed E-state index contributed by atoms with van der Waals surface area (Å²) >= 11 is 8.13. The van der Waals surface area contributed by atoms with Gasteiger partial charge in [0, 0.05) is 12.6 Å². The minimum atomic E-state index is -3.73. The summed E-state index contributed by atoms with van der Waals surface area (Å²) < 4.78 is 33.8. The maximum atomic E-state index is 13.4. The molecule has 0 amide bonds. The number of ether oxygens (including phenoxy) is 1. The molecule has 2 atom stereocenters. The summed E-state index contributed by atoms with van der Waals surface area (Å²) in [6.07, 6.45) is 2.14. The zero-order valence-electron chi connectivity index (χ0n) is 17.5. The minimum Gasteiger partial charge on any atom is -0.467 e. The van der Waals surface area contributed by atoms with E-state index < -0.39 is 27.1 Å². The first kappa shape index (κ1) is 22.5. The van der Waals surface area contributed by atoms with E-state index in [1.807, 2.05) is 34.3 Å². The van der Waals surface area contributed by atoms with Crippen LogP contribution >= 0.6 is 23.4 Å².